The molecule has 4 rings (SSSR count). The van der Waals surface area contributed by atoms with Gasteiger partial charge in [-0.3, -0.25) is 29.9 Å². The van der Waals surface area contributed by atoms with Gasteiger partial charge in [0.2, 0.25) is 11.8 Å². The van der Waals surface area contributed by atoms with Crippen LogP contribution in [-0.4, -0.2) is 34.7 Å². The largest absolute Gasteiger partial charge is 0.326 e. The number of amides is 5. The molecule has 1 saturated heterocycles. The van der Waals surface area contributed by atoms with Gasteiger partial charge in [-0.15, -0.1) is 0 Å². The molecule has 8 nitrogen and oxygen atoms in total. The van der Waals surface area contributed by atoms with Crippen LogP contribution in [0.5, 0.6) is 0 Å². The Bertz CT molecular complexity index is 1080. The molecule has 1 unspecified atom stereocenters. The summed E-state index contributed by atoms with van der Waals surface area (Å²) in [6.07, 6.45) is 0.796. The van der Waals surface area contributed by atoms with Crippen LogP contribution < -0.4 is 16.0 Å². The number of hydrogen-bond acceptors (Lipinski definition) is 5. The van der Waals surface area contributed by atoms with Gasteiger partial charge >= 0.3 is 6.03 Å². The molecule has 2 heterocycles. The molecule has 0 saturated carbocycles. The molecule has 1 atom stereocenters. The molecule has 31 heavy (non-hydrogen) atoms. The molecule has 2 aromatic rings. The minimum absolute atomic E-state index is 0.248. The topological polar surface area (TPSA) is 108 Å². The van der Waals surface area contributed by atoms with Crippen molar-refractivity contribution in [2.24, 2.45) is 0 Å². The van der Waals surface area contributed by atoms with Crippen molar-refractivity contribution in [3.8, 4) is 0 Å². The van der Waals surface area contributed by atoms with Gasteiger partial charge in [-0.1, -0.05) is 29.8 Å². The van der Waals surface area contributed by atoms with E-state index in [1.807, 2.05) is 11.0 Å². The molecule has 0 aliphatic carbocycles. The second-order valence-corrected chi connectivity index (χ2v) is 8.10. The van der Waals surface area contributed by atoms with Crippen molar-refractivity contribution in [1.29, 1.82) is 0 Å². The summed E-state index contributed by atoms with van der Waals surface area (Å²) in [6, 6.07) is 9.39. The maximum atomic E-state index is 12.6. The average molecular weight is 441 g/mol. The first-order valence-corrected chi connectivity index (χ1v) is 10.3. The molecule has 2 aliphatic rings. The summed E-state index contributed by atoms with van der Waals surface area (Å²) in [5, 5.41) is 7.68. The number of aryl methyl sites for hydroxylation is 1. The van der Waals surface area contributed by atoms with Crippen LogP contribution in [0.1, 0.15) is 39.9 Å². The molecular formula is C22H21ClN4O4. The molecule has 0 spiro atoms. The van der Waals surface area contributed by atoms with Crippen LogP contribution in [0, 0.1) is 6.92 Å². The molecule has 2 aromatic carbocycles. The fourth-order valence-corrected chi connectivity index (χ4v) is 4.19. The Hall–Kier alpha value is -3.23. The van der Waals surface area contributed by atoms with E-state index >= 15 is 0 Å². The van der Waals surface area contributed by atoms with E-state index < -0.39 is 11.9 Å². The van der Waals surface area contributed by atoms with Crippen molar-refractivity contribution in [1.82, 2.24) is 15.5 Å². The van der Waals surface area contributed by atoms with Gasteiger partial charge < -0.3 is 5.32 Å². The van der Waals surface area contributed by atoms with Gasteiger partial charge in [0.15, 0.2) is 0 Å². The van der Waals surface area contributed by atoms with E-state index in [1.165, 1.54) is 0 Å². The zero-order chi connectivity index (χ0) is 22.1. The number of hydrogen-bond donors (Lipinski definition) is 3. The number of anilines is 1. The molecular weight excluding hydrogens is 420 g/mol. The first kappa shape index (κ1) is 21.0. The summed E-state index contributed by atoms with van der Waals surface area (Å²) in [7, 11) is 0. The van der Waals surface area contributed by atoms with Gasteiger partial charge in [0.05, 0.1) is 16.8 Å². The van der Waals surface area contributed by atoms with Crippen molar-refractivity contribution in [3.05, 3.63) is 63.7 Å². The Morgan fingerprint density at radius 3 is 2.65 bits per heavy atom. The maximum absolute atomic E-state index is 12.6. The summed E-state index contributed by atoms with van der Waals surface area (Å²) in [5.41, 5.74) is 3.50. The predicted octanol–water partition coefficient (Wildman–Crippen LogP) is 2.73. The van der Waals surface area contributed by atoms with E-state index in [0.717, 1.165) is 16.7 Å². The zero-order valence-electron chi connectivity index (χ0n) is 16.8. The van der Waals surface area contributed by atoms with Crippen LogP contribution in [0.4, 0.5) is 10.5 Å². The minimum Gasteiger partial charge on any atom is -0.306 e. The highest BCUT2D eigenvalue weighted by Gasteiger charge is 2.34. The van der Waals surface area contributed by atoms with Crippen LogP contribution in [-0.2, 0) is 22.7 Å². The predicted molar refractivity (Wildman–Crippen MR) is 115 cm³/mol. The Morgan fingerprint density at radius 1 is 1.13 bits per heavy atom. The highest BCUT2D eigenvalue weighted by molar-refractivity contribution is 6.34. The zero-order valence-corrected chi connectivity index (χ0v) is 17.6. The molecule has 9 heteroatoms. The van der Waals surface area contributed by atoms with Gasteiger partial charge in [0.1, 0.15) is 0 Å². The third kappa shape index (κ3) is 4.45. The number of piperidine rings is 1. The number of carbonyl (C=O) groups excluding carboxylic acids is 4. The molecule has 1 fully saturated rings. The summed E-state index contributed by atoms with van der Waals surface area (Å²) in [6.45, 7) is 2.86. The van der Waals surface area contributed by atoms with E-state index in [0.29, 0.717) is 42.2 Å². The lowest BCUT2D eigenvalue weighted by atomic mass is 10.0. The SMILES string of the molecule is Cc1cccc(Cl)c1NC(=O)NC(=O)c1ccc2c(c1)CN(C1CCC(=O)NC1=O)C2. The Balaban J connectivity index is 1.41. The highest BCUT2D eigenvalue weighted by atomic mass is 35.5. The van der Waals surface area contributed by atoms with Crippen molar-refractivity contribution in [2.45, 2.75) is 38.9 Å². The fraction of sp³-hybridized carbons (Fsp3) is 0.273. The standard InChI is InChI=1S/C22H21ClN4O4/c1-12-3-2-4-16(23)19(12)25-22(31)26-20(29)13-5-6-14-10-27(11-15(14)9-13)17-7-8-18(28)24-21(17)30/h2-6,9,17H,7-8,10-11H2,1H3,(H,24,28,30)(H2,25,26,29,31). The molecule has 0 radical (unpaired) electrons. The Labute approximate surface area is 183 Å². The van der Waals surface area contributed by atoms with Crippen molar-refractivity contribution in [2.75, 3.05) is 5.32 Å². The monoisotopic (exact) mass is 440 g/mol. The number of fused-ring (bicyclic) bond motifs is 1. The number of nitrogens with one attached hydrogen (secondary N) is 3. The van der Waals surface area contributed by atoms with Gasteiger partial charge in [-0.25, -0.2) is 4.79 Å². The summed E-state index contributed by atoms with van der Waals surface area (Å²) >= 11 is 6.11. The highest BCUT2D eigenvalue weighted by Crippen LogP contribution is 2.28. The van der Waals surface area contributed by atoms with Crippen molar-refractivity contribution >= 4 is 41.0 Å². The van der Waals surface area contributed by atoms with E-state index in [9.17, 15) is 19.2 Å². The minimum atomic E-state index is -0.674. The van der Waals surface area contributed by atoms with E-state index in [-0.39, 0.29) is 17.9 Å². The van der Waals surface area contributed by atoms with Crippen LogP contribution in [0.2, 0.25) is 5.02 Å². The van der Waals surface area contributed by atoms with Crippen molar-refractivity contribution < 1.29 is 19.2 Å². The molecule has 5 amide bonds. The number of rotatable bonds is 3. The van der Waals surface area contributed by atoms with Crippen molar-refractivity contribution in [3.63, 3.8) is 0 Å². The second kappa shape index (κ2) is 8.49. The van der Waals surface area contributed by atoms with Gasteiger partial charge in [-0.2, -0.15) is 0 Å². The van der Waals surface area contributed by atoms with E-state index in [4.69, 9.17) is 11.6 Å². The number of imide groups is 2. The molecule has 160 valence electrons. The van der Waals surface area contributed by atoms with Gasteiger partial charge in [0, 0.05) is 25.1 Å². The maximum Gasteiger partial charge on any atom is 0.326 e. The molecule has 2 aliphatic heterocycles. The summed E-state index contributed by atoms with van der Waals surface area (Å²) in [5.74, 6) is -1.07. The van der Waals surface area contributed by atoms with E-state index in [2.05, 4.69) is 16.0 Å². The van der Waals surface area contributed by atoms with Crippen LogP contribution >= 0.6 is 11.6 Å². The van der Waals surface area contributed by atoms with Crippen LogP contribution in [0.25, 0.3) is 0 Å². The number of nitrogens with zero attached hydrogens (tertiary/aromatic N) is 1. The van der Waals surface area contributed by atoms with Gasteiger partial charge in [-0.05, 0) is 48.2 Å². The Morgan fingerprint density at radius 2 is 1.90 bits per heavy atom. The lowest BCUT2D eigenvalue weighted by Gasteiger charge is -2.29. The number of halogens is 1. The summed E-state index contributed by atoms with van der Waals surface area (Å²) in [4.78, 5) is 50.4. The third-order valence-electron chi connectivity index (χ3n) is 5.55. The van der Waals surface area contributed by atoms with Crippen LogP contribution in [0.3, 0.4) is 0 Å². The lowest BCUT2D eigenvalue weighted by Crippen LogP contribution is -2.50. The molecule has 0 bridgehead atoms. The first-order valence-electron chi connectivity index (χ1n) is 9.89. The smallest absolute Gasteiger partial charge is 0.306 e. The van der Waals surface area contributed by atoms with Crippen LogP contribution in [0.15, 0.2) is 36.4 Å². The third-order valence-corrected chi connectivity index (χ3v) is 5.87. The lowest BCUT2D eigenvalue weighted by molar-refractivity contribution is -0.137. The van der Waals surface area contributed by atoms with Gasteiger partial charge in [0.25, 0.3) is 5.91 Å². The quantitative estimate of drug-likeness (QED) is 0.636. The summed E-state index contributed by atoms with van der Waals surface area (Å²) < 4.78 is 0. The first-order chi connectivity index (χ1) is 14.8. The normalized spacial score (nSPS) is 18.3. The number of carbonyl (C=O) groups is 4. The fourth-order valence-electron chi connectivity index (χ4n) is 3.92. The molecule has 3 N–H and O–H groups in total. The number of benzene rings is 2. The Kier molecular flexibility index (Phi) is 5.75. The number of para-hydroxylation sites is 1. The van der Waals surface area contributed by atoms with E-state index in [1.54, 1.807) is 37.3 Å². The number of urea groups is 1. The average Bonchev–Trinajstić information content (AvgIpc) is 3.13. The second-order valence-electron chi connectivity index (χ2n) is 7.70. The molecule has 0 aromatic heterocycles.